The van der Waals surface area contributed by atoms with Crippen LogP contribution in [0, 0.1) is 15.0 Å². The lowest BCUT2D eigenvalue weighted by Gasteiger charge is -2.00. The van der Waals surface area contributed by atoms with Gasteiger partial charge < -0.3 is 5.73 Å². The van der Waals surface area contributed by atoms with Gasteiger partial charge in [-0.05, 0) is 24.2 Å². The summed E-state index contributed by atoms with van der Waals surface area (Å²) in [5.74, 6) is 0. The number of allylic oxidation sites excluding steroid dienone is 3. The van der Waals surface area contributed by atoms with Crippen LogP contribution in [0.25, 0.3) is 0 Å². The molecular formula is C14H15N5O3. The monoisotopic (exact) mass is 301 g/mol. The molecular weight excluding hydrogens is 286 g/mol. The van der Waals surface area contributed by atoms with E-state index in [1.807, 2.05) is 0 Å². The molecule has 0 aliphatic rings. The predicted octanol–water partition coefficient (Wildman–Crippen LogP) is 4.10. The van der Waals surface area contributed by atoms with E-state index in [2.05, 4.69) is 22.0 Å². The third-order valence-electron chi connectivity index (χ3n) is 2.45. The molecule has 0 amide bonds. The Bertz CT molecular complexity index is 673. The van der Waals surface area contributed by atoms with E-state index >= 15 is 0 Å². The standard InChI is InChI=1S/C14H15N5O3/c1-3-6-13(14(19(21)22)9-10(2)15)17-16-11-7-4-5-8-12(11)18-20/h3-5,7-9H,1,6,15H2,2H3/b10-9+,14-13-,17-16+. The zero-order chi connectivity index (χ0) is 16.5. The summed E-state index contributed by atoms with van der Waals surface area (Å²) in [6.07, 6.45) is 2.78. The van der Waals surface area contributed by atoms with Crippen LogP contribution in [0.3, 0.4) is 0 Å². The van der Waals surface area contributed by atoms with Gasteiger partial charge in [0.2, 0.25) is 0 Å². The van der Waals surface area contributed by atoms with Crippen molar-refractivity contribution in [2.45, 2.75) is 13.3 Å². The van der Waals surface area contributed by atoms with Crippen molar-refractivity contribution < 1.29 is 4.92 Å². The zero-order valence-corrected chi connectivity index (χ0v) is 12.0. The van der Waals surface area contributed by atoms with E-state index in [-0.39, 0.29) is 34.9 Å². The summed E-state index contributed by atoms with van der Waals surface area (Å²) in [4.78, 5) is 21.2. The lowest BCUT2D eigenvalue weighted by molar-refractivity contribution is -0.420. The second-order valence-corrected chi connectivity index (χ2v) is 4.25. The number of rotatable bonds is 7. The van der Waals surface area contributed by atoms with E-state index in [0.717, 1.165) is 0 Å². The number of nitro groups is 1. The van der Waals surface area contributed by atoms with Gasteiger partial charge in [0.15, 0.2) is 0 Å². The van der Waals surface area contributed by atoms with E-state index in [4.69, 9.17) is 5.73 Å². The summed E-state index contributed by atoms with van der Waals surface area (Å²) in [5.41, 5.74) is 5.86. The van der Waals surface area contributed by atoms with Gasteiger partial charge in [0.05, 0.1) is 4.92 Å². The maximum atomic E-state index is 11.1. The minimum Gasteiger partial charge on any atom is -0.402 e. The van der Waals surface area contributed by atoms with E-state index in [1.54, 1.807) is 12.1 Å². The molecule has 22 heavy (non-hydrogen) atoms. The van der Waals surface area contributed by atoms with E-state index in [9.17, 15) is 15.0 Å². The molecule has 114 valence electrons. The molecule has 0 aliphatic carbocycles. The summed E-state index contributed by atoms with van der Waals surface area (Å²) < 4.78 is 0. The van der Waals surface area contributed by atoms with Crippen molar-refractivity contribution in [1.29, 1.82) is 0 Å². The maximum absolute atomic E-state index is 11.1. The summed E-state index contributed by atoms with van der Waals surface area (Å²) in [5, 5.41) is 21.7. The molecule has 0 unspecified atom stereocenters. The summed E-state index contributed by atoms with van der Waals surface area (Å²) in [6, 6.07) is 6.27. The number of hydrogen-bond acceptors (Lipinski definition) is 7. The van der Waals surface area contributed by atoms with Crippen LogP contribution in [-0.4, -0.2) is 4.92 Å². The number of hydrogen-bond donors (Lipinski definition) is 1. The largest absolute Gasteiger partial charge is 0.402 e. The van der Waals surface area contributed by atoms with Crippen LogP contribution >= 0.6 is 0 Å². The van der Waals surface area contributed by atoms with Gasteiger partial charge in [-0.3, -0.25) is 10.1 Å². The average Bonchev–Trinajstić information content (AvgIpc) is 2.49. The average molecular weight is 301 g/mol. The van der Waals surface area contributed by atoms with Crippen LogP contribution < -0.4 is 5.73 Å². The Kier molecular flexibility index (Phi) is 6.30. The van der Waals surface area contributed by atoms with E-state index < -0.39 is 4.92 Å². The number of azo groups is 1. The van der Waals surface area contributed by atoms with Crippen LogP contribution in [0.4, 0.5) is 11.4 Å². The third-order valence-corrected chi connectivity index (χ3v) is 2.45. The van der Waals surface area contributed by atoms with Crippen molar-refractivity contribution in [1.82, 2.24) is 0 Å². The van der Waals surface area contributed by atoms with Crippen molar-refractivity contribution in [3.05, 3.63) is 75.1 Å². The van der Waals surface area contributed by atoms with Crippen LogP contribution in [0.5, 0.6) is 0 Å². The van der Waals surface area contributed by atoms with Crippen LogP contribution in [0.1, 0.15) is 13.3 Å². The van der Waals surface area contributed by atoms with Gasteiger partial charge in [-0.15, -0.1) is 21.7 Å². The molecule has 1 aromatic rings. The molecule has 0 bridgehead atoms. The SMILES string of the molecule is C=CCC(/N=N/c1ccccc1N=O)=C(\C=C(/C)N)[N+](=O)[O-]. The van der Waals surface area contributed by atoms with Gasteiger partial charge in [0.25, 0.3) is 5.70 Å². The fourth-order valence-corrected chi connectivity index (χ4v) is 1.53. The Morgan fingerprint density at radius 2 is 2.05 bits per heavy atom. The van der Waals surface area contributed by atoms with Crippen molar-refractivity contribution >= 4 is 11.4 Å². The molecule has 0 atom stereocenters. The zero-order valence-electron chi connectivity index (χ0n) is 12.0. The molecule has 2 N–H and O–H groups in total. The number of nitroso groups, excluding NO2 is 1. The molecule has 0 heterocycles. The first-order valence-corrected chi connectivity index (χ1v) is 6.26. The smallest absolute Gasteiger partial charge is 0.294 e. The van der Waals surface area contributed by atoms with Gasteiger partial charge in [-0.25, -0.2) is 0 Å². The highest BCUT2D eigenvalue weighted by atomic mass is 16.6. The highest BCUT2D eigenvalue weighted by molar-refractivity contribution is 5.60. The molecule has 0 aliphatic heterocycles. The van der Waals surface area contributed by atoms with E-state index in [1.165, 1.54) is 31.2 Å². The molecule has 1 rings (SSSR count). The first-order chi connectivity index (χ1) is 10.5. The summed E-state index contributed by atoms with van der Waals surface area (Å²) in [7, 11) is 0. The molecule has 8 nitrogen and oxygen atoms in total. The van der Waals surface area contributed by atoms with Crippen molar-refractivity contribution in [3.63, 3.8) is 0 Å². The highest BCUT2D eigenvalue weighted by Crippen LogP contribution is 2.28. The Labute approximate surface area is 126 Å². The molecule has 1 aromatic carbocycles. The van der Waals surface area contributed by atoms with Crippen LogP contribution in [0.2, 0.25) is 0 Å². The van der Waals surface area contributed by atoms with E-state index in [0.29, 0.717) is 0 Å². The Balaban J connectivity index is 3.33. The lowest BCUT2D eigenvalue weighted by atomic mass is 10.2. The number of nitrogens with zero attached hydrogens (tertiary/aromatic N) is 4. The van der Waals surface area contributed by atoms with Gasteiger partial charge in [0.1, 0.15) is 17.1 Å². The first-order valence-electron chi connectivity index (χ1n) is 6.26. The molecule has 8 heteroatoms. The normalized spacial score (nSPS) is 12.9. The van der Waals surface area contributed by atoms with Gasteiger partial charge in [-0.2, -0.15) is 0 Å². The molecule has 0 aromatic heterocycles. The molecule has 0 saturated carbocycles. The maximum Gasteiger partial charge on any atom is 0.294 e. The van der Waals surface area contributed by atoms with Gasteiger partial charge in [-0.1, -0.05) is 18.2 Å². The topological polar surface area (TPSA) is 123 Å². The second kappa shape index (κ2) is 8.20. The minimum absolute atomic E-state index is 0.0745. The van der Waals surface area contributed by atoms with Crippen molar-refractivity contribution in [2.75, 3.05) is 0 Å². The third kappa shape index (κ3) is 4.75. The van der Waals surface area contributed by atoms with Crippen molar-refractivity contribution in [3.8, 4) is 0 Å². The van der Waals surface area contributed by atoms with Gasteiger partial charge in [0, 0.05) is 18.2 Å². The predicted molar refractivity (Wildman–Crippen MR) is 83.2 cm³/mol. The number of nitrogens with two attached hydrogens (primary N) is 1. The summed E-state index contributed by atoms with van der Waals surface area (Å²) >= 11 is 0. The molecule has 0 saturated heterocycles. The molecule has 0 fully saturated rings. The number of benzene rings is 1. The van der Waals surface area contributed by atoms with Crippen LogP contribution in [-0.2, 0) is 0 Å². The molecule has 0 spiro atoms. The van der Waals surface area contributed by atoms with Crippen LogP contribution in [0.15, 0.2) is 75.5 Å². The second-order valence-electron chi connectivity index (χ2n) is 4.25. The quantitative estimate of drug-likeness (QED) is 0.203. The van der Waals surface area contributed by atoms with Gasteiger partial charge >= 0.3 is 0 Å². The first kappa shape index (κ1) is 16.9. The highest BCUT2D eigenvalue weighted by Gasteiger charge is 2.15. The Hall–Kier alpha value is -3.16. The van der Waals surface area contributed by atoms with Crippen molar-refractivity contribution in [2.24, 2.45) is 21.1 Å². The minimum atomic E-state index is -0.599. The summed E-state index contributed by atoms with van der Waals surface area (Å²) in [6.45, 7) is 5.06. The Morgan fingerprint density at radius 3 is 2.55 bits per heavy atom. The lowest BCUT2D eigenvalue weighted by Crippen LogP contribution is -2.03. The Morgan fingerprint density at radius 1 is 1.41 bits per heavy atom. The molecule has 0 radical (unpaired) electrons. The fourth-order valence-electron chi connectivity index (χ4n) is 1.53. The fraction of sp³-hybridized carbons (Fsp3) is 0.143.